The molecule has 9 nitrogen and oxygen atoms in total. The molecule has 2 aromatic heterocycles. The van der Waals surface area contributed by atoms with Gasteiger partial charge in [-0.1, -0.05) is 23.5 Å². The largest absolute Gasteiger partial charge is 0.296 e. The molecule has 0 fully saturated rings. The number of carbonyl (C=O) groups excluding carboxylic acids is 1. The fourth-order valence-corrected chi connectivity index (χ4v) is 3.63. The molecule has 0 radical (unpaired) electrons. The molecule has 0 bridgehead atoms. The number of carbonyl (C=O) groups is 1. The number of rotatable bonds is 5. The van der Waals surface area contributed by atoms with Crippen LogP contribution in [-0.2, 0) is 6.54 Å². The first-order chi connectivity index (χ1) is 14.4. The molecular weight excluding hydrogens is 413 g/mol. The Morgan fingerprint density at radius 3 is 2.80 bits per heavy atom. The lowest BCUT2D eigenvalue weighted by Crippen LogP contribution is -2.26. The Morgan fingerprint density at radius 1 is 1.20 bits per heavy atom. The zero-order valence-corrected chi connectivity index (χ0v) is 15.9. The van der Waals surface area contributed by atoms with Crippen molar-refractivity contribution >= 4 is 38.3 Å². The highest BCUT2D eigenvalue weighted by Gasteiger charge is 2.15. The first-order valence-corrected chi connectivity index (χ1v) is 9.40. The lowest BCUT2D eigenvalue weighted by atomic mass is 10.2. The van der Waals surface area contributed by atoms with Crippen molar-refractivity contribution < 1.29 is 14.1 Å². The van der Waals surface area contributed by atoms with Crippen molar-refractivity contribution in [2.45, 2.75) is 6.54 Å². The minimum atomic E-state index is -0.600. The zero-order chi connectivity index (χ0) is 21.3. The number of benzene rings is 2. The summed E-state index contributed by atoms with van der Waals surface area (Å²) >= 11 is 1.08. The van der Waals surface area contributed by atoms with Gasteiger partial charge in [0.1, 0.15) is 11.5 Å². The molecule has 11 heteroatoms. The lowest BCUT2D eigenvalue weighted by molar-refractivity contribution is -0.384. The number of aromatic nitrogens is 3. The van der Waals surface area contributed by atoms with Crippen molar-refractivity contribution in [2.24, 2.45) is 0 Å². The molecule has 150 valence electrons. The van der Waals surface area contributed by atoms with Crippen molar-refractivity contribution in [3.05, 3.63) is 92.1 Å². The first kappa shape index (κ1) is 19.3. The molecule has 2 heterocycles. The summed E-state index contributed by atoms with van der Waals surface area (Å²) < 4.78 is 15.0. The molecule has 30 heavy (non-hydrogen) atoms. The van der Waals surface area contributed by atoms with E-state index >= 15 is 0 Å². The van der Waals surface area contributed by atoms with Crippen molar-refractivity contribution in [1.82, 2.24) is 14.8 Å². The van der Waals surface area contributed by atoms with E-state index in [2.05, 4.69) is 15.4 Å². The Labute approximate surface area is 171 Å². The number of hydrogen-bond donors (Lipinski definition) is 1. The quantitative estimate of drug-likeness (QED) is 0.387. The number of halogens is 1. The van der Waals surface area contributed by atoms with Crippen molar-refractivity contribution in [2.75, 3.05) is 5.32 Å². The number of anilines is 1. The molecule has 0 saturated carbocycles. The Hall–Kier alpha value is -3.99. The number of non-ortho nitro benzene ring substituents is 1. The van der Waals surface area contributed by atoms with E-state index < -0.39 is 22.2 Å². The van der Waals surface area contributed by atoms with E-state index in [1.54, 1.807) is 6.07 Å². The van der Waals surface area contributed by atoms with Gasteiger partial charge in [-0.25, -0.2) is 14.1 Å². The van der Waals surface area contributed by atoms with Crippen LogP contribution in [0, 0.1) is 15.9 Å². The third kappa shape index (κ3) is 4.05. The van der Waals surface area contributed by atoms with E-state index in [4.69, 9.17) is 0 Å². The van der Waals surface area contributed by atoms with Crippen LogP contribution in [0.1, 0.15) is 16.1 Å². The summed E-state index contributed by atoms with van der Waals surface area (Å²) in [7, 11) is 0. The fraction of sp³-hybridized carbons (Fsp3) is 0.0526. The first-order valence-electron chi connectivity index (χ1n) is 8.58. The highest BCUT2D eigenvalue weighted by molar-refractivity contribution is 7.22. The molecule has 0 aliphatic rings. The van der Waals surface area contributed by atoms with Crippen LogP contribution in [0.4, 0.5) is 15.2 Å². The number of fused-ring (bicyclic) bond motifs is 1. The average molecular weight is 425 g/mol. The van der Waals surface area contributed by atoms with E-state index in [0.29, 0.717) is 15.8 Å². The minimum absolute atomic E-state index is 0.00250. The Morgan fingerprint density at radius 2 is 2.03 bits per heavy atom. The van der Waals surface area contributed by atoms with Gasteiger partial charge in [0.25, 0.3) is 17.2 Å². The average Bonchev–Trinajstić information content (AvgIpc) is 3.11. The molecule has 0 saturated heterocycles. The van der Waals surface area contributed by atoms with Crippen LogP contribution in [-0.4, -0.2) is 25.6 Å². The predicted molar refractivity (Wildman–Crippen MR) is 108 cm³/mol. The molecule has 4 aromatic rings. The van der Waals surface area contributed by atoms with Gasteiger partial charge in [0.2, 0.25) is 0 Å². The van der Waals surface area contributed by atoms with Gasteiger partial charge in [0, 0.05) is 18.2 Å². The molecule has 0 atom stereocenters. The SMILES string of the molecule is O=C(Nc1nc2ccc([N+](=O)[O-])cc2s1)c1ccc(=O)n(Cc2cccc(F)c2)n1. The van der Waals surface area contributed by atoms with E-state index in [1.807, 2.05) is 0 Å². The summed E-state index contributed by atoms with van der Waals surface area (Å²) in [5, 5.41) is 17.7. The monoisotopic (exact) mass is 425 g/mol. The maximum atomic E-state index is 13.4. The standard InChI is InChI=1S/C19H12FN5O4S/c20-12-3-1-2-11(8-12)10-24-17(26)7-6-15(23-24)18(27)22-19-21-14-5-4-13(25(28)29)9-16(14)30-19/h1-9H,10H2,(H,21,22,27). The van der Waals surface area contributed by atoms with E-state index in [0.717, 1.165) is 16.0 Å². The number of thiazole rings is 1. The van der Waals surface area contributed by atoms with Crippen molar-refractivity contribution in [1.29, 1.82) is 0 Å². The fourth-order valence-electron chi connectivity index (χ4n) is 2.73. The third-order valence-corrected chi connectivity index (χ3v) is 5.06. The molecule has 0 aliphatic carbocycles. The third-order valence-electron chi connectivity index (χ3n) is 4.12. The summed E-state index contributed by atoms with van der Waals surface area (Å²) in [6, 6.07) is 12.4. The van der Waals surface area contributed by atoms with Crippen LogP contribution in [0.5, 0.6) is 0 Å². The number of nitrogens with one attached hydrogen (secondary N) is 1. The number of nitrogens with zero attached hydrogens (tertiary/aromatic N) is 4. The number of amides is 1. The summed E-state index contributed by atoms with van der Waals surface area (Å²) in [6.07, 6.45) is 0. The van der Waals surface area contributed by atoms with Gasteiger partial charge in [-0.05, 0) is 29.8 Å². The Bertz CT molecular complexity index is 1350. The number of hydrogen-bond acceptors (Lipinski definition) is 7. The van der Waals surface area contributed by atoms with Gasteiger partial charge >= 0.3 is 0 Å². The second kappa shape index (κ2) is 7.79. The summed E-state index contributed by atoms with van der Waals surface area (Å²) in [4.78, 5) is 39.2. The highest BCUT2D eigenvalue weighted by Crippen LogP contribution is 2.29. The van der Waals surface area contributed by atoms with Gasteiger partial charge in [-0.3, -0.25) is 25.0 Å². The van der Waals surface area contributed by atoms with E-state index in [-0.39, 0.29) is 23.1 Å². The van der Waals surface area contributed by atoms with Crippen molar-refractivity contribution in [3.8, 4) is 0 Å². The second-order valence-electron chi connectivity index (χ2n) is 6.23. The van der Waals surface area contributed by atoms with E-state index in [9.17, 15) is 24.1 Å². The minimum Gasteiger partial charge on any atom is -0.296 e. The lowest BCUT2D eigenvalue weighted by Gasteiger charge is -2.07. The number of nitro groups is 1. The number of nitro benzene ring substituents is 1. The highest BCUT2D eigenvalue weighted by atomic mass is 32.1. The predicted octanol–water partition coefficient (Wildman–Crippen LogP) is 3.20. The molecular formula is C19H12FN5O4S. The second-order valence-corrected chi connectivity index (χ2v) is 7.26. The van der Waals surface area contributed by atoms with Crippen LogP contribution in [0.15, 0.2) is 59.4 Å². The normalized spacial score (nSPS) is 10.8. The zero-order valence-electron chi connectivity index (χ0n) is 15.1. The van der Waals surface area contributed by atoms with Gasteiger partial charge in [-0.15, -0.1) is 0 Å². The van der Waals surface area contributed by atoms with Gasteiger partial charge in [0.15, 0.2) is 5.13 Å². The van der Waals surface area contributed by atoms with Crippen molar-refractivity contribution in [3.63, 3.8) is 0 Å². The van der Waals surface area contributed by atoms with Crippen LogP contribution >= 0.6 is 11.3 Å². The van der Waals surface area contributed by atoms with Crippen LogP contribution < -0.4 is 10.9 Å². The molecule has 0 spiro atoms. The molecule has 4 rings (SSSR count). The maximum Gasteiger partial charge on any atom is 0.277 e. The Balaban J connectivity index is 1.57. The molecule has 2 aromatic carbocycles. The van der Waals surface area contributed by atoms with Gasteiger partial charge < -0.3 is 0 Å². The summed E-state index contributed by atoms with van der Waals surface area (Å²) in [6.45, 7) is 0.00250. The summed E-state index contributed by atoms with van der Waals surface area (Å²) in [5.41, 5.74) is 0.481. The molecule has 0 unspecified atom stereocenters. The maximum absolute atomic E-state index is 13.4. The van der Waals surface area contributed by atoms with Crippen LogP contribution in [0.3, 0.4) is 0 Å². The van der Waals surface area contributed by atoms with Gasteiger partial charge in [0.05, 0.1) is 21.7 Å². The van der Waals surface area contributed by atoms with Gasteiger partial charge in [-0.2, -0.15) is 5.10 Å². The molecule has 0 aliphatic heterocycles. The summed E-state index contributed by atoms with van der Waals surface area (Å²) in [5.74, 6) is -1.04. The molecule has 1 amide bonds. The Kier molecular flexibility index (Phi) is 5.02. The smallest absolute Gasteiger partial charge is 0.277 e. The molecule has 1 N–H and O–H groups in total. The van der Waals surface area contributed by atoms with Crippen LogP contribution in [0.25, 0.3) is 10.2 Å². The topological polar surface area (TPSA) is 120 Å². The van der Waals surface area contributed by atoms with E-state index in [1.165, 1.54) is 48.5 Å². The van der Waals surface area contributed by atoms with Crippen LogP contribution in [0.2, 0.25) is 0 Å².